The SMILES string of the molecule is C[C@H](c1ccon1)N(C)Cc1cnn(CCC(=O)O)c1. The van der Waals surface area contributed by atoms with Gasteiger partial charge in [0.15, 0.2) is 0 Å². The van der Waals surface area contributed by atoms with Gasteiger partial charge in [-0.15, -0.1) is 0 Å². The molecule has 0 spiro atoms. The van der Waals surface area contributed by atoms with Gasteiger partial charge in [-0.2, -0.15) is 5.10 Å². The first kappa shape index (κ1) is 14.3. The average molecular weight is 278 g/mol. The Morgan fingerprint density at radius 2 is 2.40 bits per heavy atom. The van der Waals surface area contributed by atoms with Gasteiger partial charge in [-0.3, -0.25) is 14.4 Å². The molecule has 108 valence electrons. The van der Waals surface area contributed by atoms with Crippen LogP contribution in [-0.4, -0.2) is 38.0 Å². The Kier molecular flexibility index (Phi) is 4.52. The van der Waals surface area contributed by atoms with Gasteiger partial charge in [0.2, 0.25) is 0 Å². The highest BCUT2D eigenvalue weighted by molar-refractivity contribution is 5.66. The number of nitrogens with zero attached hydrogens (tertiary/aromatic N) is 4. The van der Waals surface area contributed by atoms with Crippen molar-refractivity contribution in [2.45, 2.75) is 32.5 Å². The Bertz CT molecular complexity index is 550. The molecule has 0 aliphatic carbocycles. The Hall–Kier alpha value is -2.15. The Balaban J connectivity index is 1.91. The summed E-state index contributed by atoms with van der Waals surface area (Å²) < 4.78 is 6.50. The van der Waals surface area contributed by atoms with Crippen LogP contribution in [0.25, 0.3) is 0 Å². The van der Waals surface area contributed by atoms with Gasteiger partial charge in [-0.05, 0) is 14.0 Å². The molecular weight excluding hydrogens is 260 g/mol. The van der Waals surface area contributed by atoms with Crippen LogP contribution in [0.3, 0.4) is 0 Å². The predicted octanol–water partition coefficient (Wildman–Crippen LogP) is 1.54. The van der Waals surface area contributed by atoms with E-state index in [0.717, 1.165) is 11.3 Å². The first-order valence-electron chi connectivity index (χ1n) is 6.40. The first-order valence-corrected chi connectivity index (χ1v) is 6.40. The van der Waals surface area contributed by atoms with Gasteiger partial charge in [0.25, 0.3) is 0 Å². The molecule has 0 aromatic carbocycles. The fraction of sp³-hybridized carbons (Fsp3) is 0.462. The summed E-state index contributed by atoms with van der Waals surface area (Å²) in [5.41, 5.74) is 1.92. The van der Waals surface area contributed by atoms with Gasteiger partial charge in [0, 0.05) is 24.4 Å². The van der Waals surface area contributed by atoms with Crippen molar-refractivity contribution >= 4 is 5.97 Å². The van der Waals surface area contributed by atoms with Gasteiger partial charge in [0.05, 0.1) is 25.2 Å². The molecule has 1 N–H and O–H groups in total. The fourth-order valence-corrected chi connectivity index (χ4v) is 1.91. The van der Waals surface area contributed by atoms with E-state index in [1.54, 1.807) is 17.1 Å². The van der Waals surface area contributed by atoms with E-state index in [1.165, 1.54) is 0 Å². The van der Waals surface area contributed by atoms with Crippen molar-refractivity contribution in [2.24, 2.45) is 0 Å². The molecule has 0 amide bonds. The zero-order chi connectivity index (χ0) is 14.5. The lowest BCUT2D eigenvalue weighted by Crippen LogP contribution is -2.21. The van der Waals surface area contributed by atoms with Crippen LogP contribution in [-0.2, 0) is 17.9 Å². The van der Waals surface area contributed by atoms with E-state index in [1.807, 2.05) is 26.2 Å². The number of aliphatic carboxylic acids is 1. The summed E-state index contributed by atoms with van der Waals surface area (Å²) in [5.74, 6) is -0.821. The highest BCUT2D eigenvalue weighted by atomic mass is 16.5. The second-order valence-electron chi connectivity index (χ2n) is 4.77. The van der Waals surface area contributed by atoms with Crippen LogP contribution in [0.15, 0.2) is 29.2 Å². The minimum atomic E-state index is -0.821. The van der Waals surface area contributed by atoms with Crippen LogP contribution in [0.1, 0.15) is 30.6 Å². The van der Waals surface area contributed by atoms with Crippen LogP contribution in [0.4, 0.5) is 0 Å². The van der Waals surface area contributed by atoms with Crippen LogP contribution >= 0.6 is 0 Å². The Labute approximate surface area is 116 Å². The smallest absolute Gasteiger partial charge is 0.305 e. The molecule has 7 nitrogen and oxygen atoms in total. The summed E-state index contributed by atoms with van der Waals surface area (Å²) in [5, 5.41) is 16.7. The third-order valence-electron chi connectivity index (χ3n) is 3.22. The number of aryl methyl sites for hydroxylation is 1. The minimum absolute atomic E-state index is 0.0757. The Morgan fingerprint density at radius 1 is 1.60 bits per heavy atom. The van der Waals surface area contributed by atoms with Gasteiger partial charge in [-0.25, -0.2) is 0 Å². The molecule has 0 radical (unpaired) electrons. The molecule has 0 bridgehead atoms. The maximum atomic E-state index is 10.5. The zero-order valence-electron chi connectivity index (χ0n) is 11.6. The number of hydrogen-bond acceptors (Lipinski definition) is 5. The lowest BCUT2D eigenvalue weighted by molar-refractivity contribution is -0.137. The number of hydrogen-bond donors (Lipinski definition) is 1. The largest absolute Gasteiger partial charge is 0.481 e. The van der Waals surface area contributed by atoms with Gasteiger partial charge >= 0.3 is 5.97 Å². The number of aromatic nitrogens is 3. The van der Waals surface area contributed by atoms with Crippen LogP contribution in [0, 0.1) is 0 Å². The summed E-state index contributed by atoms with van der Waals surface area (Å²) in [7, 11) is 1.99. The van der Waals surface area contributed by atoms with Crippen molar-refractivity contribution in [2.75, 3.05) is 7.05 Å². The monoisotopic (exact) mass is 278 g/mol. The molecular formula is C13H18N4O3. The third kappa shape index (κ3) is 3.67. The number of carbonyl (C=O) groups is 1. The molecule has 0 fully saturated rings. The summed E-state index contributed by atoms with van der Waals surface area (Å²) in [6, 6.07) is 1.98. The Morgan fingerprint density at radius 3 is 3.05 bits per heavy atom. The maximum absolute atomic E-state index is 10.5. The summed E-state index contributed by atoms with van der Waals surface area (Å²) in [4.78, 5) is 12.6. The number of carboxylic acid groups (broad SMARTS) is 1. The molecule has 0 saturated heterocycles. The van der Waals surface area contributed by atoms with Gasteiger partial charge in [-0.1, -0.05) is 5.16 Å². The molecule has 0 saturated carbocycles. The van der Waals surface area contributed by atoms with E-state index < -0.39 is 5.97 Å². The van der Waals surface area contributed by atoms with Crippen molar-refractivity contribution in [1.29, 1.82) is 0 Å². The maximum Gasteiger partial charge on any atom is 0.305 e. The molecule has 2 rings (SSSR count). The average Bonchev–Trinajstić information content (AvgIpc) is 3.06. The predicted molar refractivity (Wildman–Crippen MR) is 70.9 cm³/mol. The molecule has 0 unspecified atom stereocenters. The molecule has 2 aromatic heterocycles. The molecule has 2 aromatic rings. The first-order chi connectivity index (χ1) is 9.56. The number of carboxylic acids is 1. The quantitative estimate of drug-likeness (QED) is 0.827. The van der Waals surface area contributed by atoms with Crippen molar-refractivity contribution in [3.8, 4) is 0 Å². The molecule has 20 heavy (non-hydrogen) atoms. The van der Waals surface area contributed by atoms with E-state index in [0.29, 0.717) is 13.1 Å². The van der Waals surface area contributed by atoms with E-state index in [-0.39, 0.29) is 12.5 Å². The standard InChI is InChI=1S/C13H18N4O3/c1-10(12-4-6-20-15-12)16(2)8-11-7-14-17(9-11)5-3-13(18)19/h4,6-7,9-10H,3,5,8H2,1-2H3,(H,18,19)/t10-/m1/s1. The molecule has 7 heteroatoms. The van der Waals surface area contributed by atoms with Gasteiger partial charge < -0.3 is 9.63 Å². The summed E-state index contributed by atoms with van der Waals surface area (Å²) >= 11 is 0. The van der Waals surface area contributed by atoms with Gasteiger partial charge in [0.1, 0.15) is 12.0 Å². The van der Waals surface area contributed by atoms with E-state index >= 15 is 0 Å². The van der Waals surface area contributed by atoms with E-state index in [9.17, 15) is 4.79 Å². The van der Waals surface area contributed by atoms with Crippen molar-refractivity contribution < 1.29 is 14.4 Å². The van der Waals surface area contributed by atoms with Crippen LogP contribution in [0.5, 0.6) is 0 Å². The molecule has 0 aliphatic heterocycles. The lowest BCUT2D eigenvalue weighted by atomic mass is 10.2. The fourth-order valence-electron chi connectivity index (χ4n) is 1.91. The molecule has 2 heterocycles. The summed E-state index contributed by atoms with van der Waals surface area (Å²) in [6.45, 7) is 3.14. The van der Waals surface area contributed by atoms with Crippen molar-refractivity contribution in [3.63, 3.8) is 0 Å². The molecule has 1 atom stereocenters. The molecule has 0 aliphatic rings. The number of rotatable bonds is 7. The minimum Gasteiger partial charge on any atom is -0.481 e. The lowest BCUT2D eigenvalue weighted by Gasteiger charge is -2.21. The van der Waals surface area contributed by atoms with E-state index in [4.69, 9.17) is 9.63 Å². The van der Waals surface area contributed by atoms with Crippen LogP contribution in [0.2, 0.25) is 0 Å². The second-order valence-corrected chi connectivity index (χ2v) is 4.77. The highest BCUT2D eigenvalue weighted by Gasteiger charge is 2.15. The van der Waals surface area contributed by atoms with Crippen molar-refractivity contribution in [3.05, 3.63) is 36.0 Å². The zero-order valence-corrected chi connectivity index (χ0v) is 11.6. The third-order valence-corrected chi connectivity index (χ3v) is 3.22. The topological polar surface area (TPSA) is 84.4 Å². The summed E-state index contributed by atoms with van der Waals surface area (Å²) in [6.07, 6.45) is 5.26. The highest BCUT2D eigenvalue weighted by Crippen LogP contribution is 2.18. The van der Waals surface area contributed by atoms with Crippen molar-refractivity contribution in [1.82, 2.24) is 19.8 Å². The van der Waals surface area contributed by atoms with E-state index in [2.05, 4.69) is 15.2 Å². The van der Waals surface area contributed by atoms with Crippen LogP contribution < -0.4 is 0 Å². The normalized spacial score (nSPS) is 12.8. The second kappa shape index (κ2) is 6.33.